The summed E-state index contributed by atoms with van der Waals surface area (Å²) in [7, 11) is -4.70. The molecular formula is C10H7N3O6S. The minimum absolute atomic E-state index is 0.222. The third-order valence-electron chi connectivity index (χ3n) is 2.74. The molecule has 10 heteroatoms. The van der Waals surface area contributed by atoms with Crippen LogP contribution in [0.4, 0.5) is 5.69 Å². The molecule has 1 atom stereocenters. The van der Waals surface area contributed by atoms with Crippen molar-refractivity contribution in [1.82, 2.24) is 0 Å². The molecule has 2 rings (SSSR count). The summed E-state index contributed by atoms with van der Waals surface area (Å²) in [5.41, 5.74) is 7.26. The van der Waals surface area contributed by atoms with Crippen molar-refractivity contribution in [3.63, 3.8) is 0 Å². The van der Waals surface area contributed by atoms with Gasteiger partial charge in [0.15, 0.2) is 6.10 Å². The largest absolute Gasteiger partial charge is 0.377 e. The fraction of sp³-hybridized carbons (Fsp3) is 0.100. The highest BCUT2D eigenvalue weighted by Crippen LogP contribution is 2.34. The van der Waals surface area contributed by atoms with Gasteiger partial charge in [0.05, 0.1) is 4.92 Å². The van der Waals surface area contributed by atoms with Crippen molar-refractivity contribution in [2.24, 2.45) is 0 Å². The van der Waals surface area contributed by atoms with Gasteiger partial charge in [0.25, 0.3) is 15.8 Å². The SMILES string of the molecule is [N-]=[N+]=C1c2c(cccc2[N+](=O)[O-])C(S(=O)(=O)O)=CC1O. The molecule has 2 N–H and O–H groups in total. The Morgan fingerprint density at radius 1 is 1.40 bits per heavy atom. The maximum Gasteiger partial charge on any atom is 0.338 e. The average molecular weight is 297 g/mol. The summed E-state index contributed by atoms with van der Waals surface area (Å²) < 4.78 is 31.7. The van der Waals surface area contributed by atoms with E-state index in [-0.39, 0.29) is 11.1 Å². The van der Waals surface area contributed by atoms with Crippen LogP contribution in [0.3, 0.4) is 0 Å². The lowest BCUT2D eigenvalue weighted by Gasteiger charge is -2.15. The summed E-state index contributed by atoms with van der Waals surface area (Å²) in [5, 5.41) is 20.6. The van der Waals surface area contributed by atoms with E-state index < -0.39 is 37.4 Å². The van der Waals surface area contributed by atoms with Crippen LogP contribution in [0.25, 0.3) is 10.4 Å². The Morgan fingerprint density at radius 3 is 2.55 bits per heavy atom. The molecule has 0 fully saturated rings. The molecule has 0 heterocycles. The first kappa shape index (κ1) is 14.0. The molecule has 20 heavy (non-hydrogen) atoms. The molecule has 1 aromatic rings. The Bertz CT molecular complexity index is 791. The fourth-order valence-corrected chi connectivity index (χ4v) is 2.71. The number of aliphatic hydroxyl groups excluding tert-OH is 1. The van der Waals surface area contributed by atoms with Gasteiger partial charge >= 0.3 is 5.71 Å². The molecule has 0 spiro atoms. The Labute approximate surface area is 112 Å². The molecule has 0 saturated carbocycles. The summed E-state index contributed by atoms with van der Waals surface area (Å²) in [5.74, 6) is 0. The lowest BCUT2D eigenvalue weighted by atomic mass is 9.92. The molecule has 1 aliphatic carbocycles. The molecular weight excluding hydrogens is 290 g/mol. The lowest BCUT2D eigenvalue weighted by Crippen LogP contribution is -2.28. The van der Waals surface area contributed by atoms with Crippen molar-refractivity contribution in [2.75, 3.05) is 0 Å². The standard InChI is InChI=1S/C10H7N3O6S/c11-12-10-7(14)4-8(20(17,18)19)5-2-1-3-6(9(5)10)13(15)16/h1-4,7,14H,(H,17,18,19). The van der Waals surface area contributed by atoms with Gasteiger partial charge in [-0.3, -0.25) is 14.7 Å². The van der Waals surface area contributed by atoms with Gasteiger partial charge in [-0.2, -0.15) is 13.2 Å². The quantitative estimate of drug-likeness (QED) is 0.261. The molecule has 0 saturated heterocycles. The maximum atomic E-state index is 11.3. The number of nitro groups is 1. The summed E-state index contributed by atoms with van der Waals surface area (Å²) in [4.78, 5) is 12.2. The molecule has 1 aromatic carbocycles. The van der Waals surface area contributed by atoms with Crippen molar-refractivity contribution in [3.8, 4) is 0 Å². The van der Waals surface area contributed by atoms with Crippen LogP contribution in [0, 0.1) is 10.1 Å². The average Bonchev–Trinajstić information content (AvgIpc) is 2.35. The Hall–Kier alpha value is -2.39. The van der Waals surface area contributed by atoms with Crippen molar-refractivity contribution in [2.45, 2.75) is 6.10 Å². The van der Waals surface area contributed by atoms with Gasteiger partial charge in [-0.1, -0.05) is 12.1 Å². The summed E-state index contributed by atoms with van der Waals surface area (Å²) in [6, 6.07) is 3.46. The summed E-state index contributed by atoms with van der Waals surface area (Å²) >= 11 is 0. The molecule has 1 aliphatic rings. The van der Waals surface area contributed by atoms with Crippen molar-refractivity contribution >= 4 is 26.4 Å². The van der Waals surface area contributed by atoms with Gasteiger partial charge in [-0.05, 0) is 6.08 Å². The van der Waals surface area contributed by atoms with E-state index in [1.807, 2.05) is 0 Å². The van der Waals surface area contributed by atoms with E-state index in [4.69, 9.17) is 10.1 Å². The monoisotopic (exact) mass is 297 g/mol. The smallest absolute Gasteiger partial charge is 0.338 e. The van der Waals surface area contributed by atoms with Gasteiger partial charge in [-0.25, -0.2) is 0 Å². The fourth-order valence-electron chi connectivity index (χ4n) is 1.96. The minimum atomic E-state index is -4.70. The van der Waals surface area contributed by atoms with Gasteiger partial charge in [0, 0.05) is 11.6 Å². The van der Waals surface area contributed by atoms with Gasteiger partial charge in [-0.15, -0.1) is 0 Å². The van der Waals surface area contributed by atoms with E-state index in [9.17, 15) is 23.6 Å². The van der Waals surface area contributed by atoms with Gasteiger partial charge < -0.3 is 10.6 Å². The van der Waals surface area contributed by atoms with Crippen molar-refractivity contribution in [1.29, 1.82) is 0 Å². The molecule has 0 aliphatic heterocycles. The van der Waals surface area contributed by atoms with Crippen LogP contribution in [-0.4, -0.2) is 39.6 Å². The molecule has 0 radical (unpaired) electrons. The van der Waals surface area contributed by atoms with E-state index in [1.54, 1.807) is 0 Å². The number of nitro benzene ring substituents is 1. The Balaban J connectivity index is 2.93. The lowest BCUT2D eigenvalue weighted by molar-refractivity contribution is -0.385. The number of benzene rings is 1. The highest BCUT2D eigenvalue weighted by Gasteiger charge is 2.40. The predicted molar refractivity (Wildman–Crippen MR) is 66.4 cm³/mol. The van der Waals surface area contributed by atoms with Crippen molar-refractivity contribution in [3.05, 3.63) is 51.0 Å². The van der Waals surface area contributed by atoms with E-state index in [1.165, 1.54) is 12.1 Å². The van der Waals surface area contributed by atoms with Crippen LogP contribution < -0.4 is 0 Å². The highest BCUT2D eigenvalue weighted by molar-refractivity contribution is 7.95. The number of fused-ring (bicyclic) bond motifs is 1. The second-order valence-corrected chi connectivity index (χ2v) is 5.28. The first-order valence-electron chi connectivity index (χ1n) is 5.15. The topological polar surface area (TPSA) is 154 Å². The molecule has 1 unspecified atom stereocenters. The summed E-state index contributed by atoms with van der Waals surface area (Å²) in [6.45, 7) is 0. The summed E-state index contributed by atoms with van der Waals surface area (Å²) in [6.07, 6.45) is -0.971. The Kier molecular flexibility index (Phi) is 3.24. The molecule has 104 valence electrons. The zero-order valence-electron chi connectivity index (χ0n) is 9.66. The van der Waals surface area contributed by atoms with E-state index in [2.05, 4.69) is 4.79 Å². The van der Waals surface area contributed by atoms with Crippen LogP contribution in [0.15, 0.2) is 24.3 Å². The van der Waals surface area contributed by atoms with Gasteiger partial charge in [0.2, 0.25) is 0 Å². The number of aliphatic hydroxyl groups is 1. The third-order valence-corrected chi connectivity index (χ3v) is 3.65. The zero-order valence-corrected chi connectivity index (χ0v) is 10.5. The molecule has 0 aromatic heterocycles. The molecule has 0 bridgehead atoms. The van der Waals surface area contributed by atoms with Crippen LogP contribution >= 0.6 is 0 Å². The van der Waals surface area contributed by atoms with Crippen LogP contribution in [-0.2, 0) is 10.1 Å². The van der Waals surface area contributed by atoms with E-state index >= 15 is 0 Å². The van der Waals surface area contributed by atoms with E-state index in [0.29, 0.717) is 0 Å². The van der Waals surface area contributed by atoms with Crippen molar-refractivity contribution < 1.29 is 27.8 Å². The minimum Gasteiger partial charge on any atom is -0.377 e. The van der Waals surface area contributed by atoms with Crippen LogP contribution in [0.2, 0.25) is 0 Å². The normalized spacial score (nSPS) is 18.0. The van der Waals surface area contributed by atoms with E-state index in [0.717, 1.165) is 12.1 Å². The predicted octanol–water partition coefficient (Wildman–Crippen LogP) is 0.217. The van der Waals surface area contributed by atoms with Gasteiger partial charge in [0.1, 0.15) is 10.5 Å². The Morgan fingerprint density at radius 2 is 2.05 bits per heavy atom. The third kappa shape index (κ3) is 2.12. The number of rotatable bonds is 2. The number of hydrogen-bond donors (Lipinski definition) is 2. The zero-order chi connectivity index (χ0) is 15.1. The number of hydrogen-bond acceptors (Lipinski definition) is 5. The number of nitrogens with zero attached hydrogens (tertiary/aromatic N) is 3. The van der Waals surface area contributed by atoms with Crippen LogP contribution in [0.5, 0.6) is 0 Å². The second kappa shape index (κ2) is 4.62. The maximum absolute atomic E-state index is 11.3. The highest BCUT2D eigenvalue weighted by atomic mass is 32.2. The second-order valence-electron chi connectivity index (χ2n) is 3.89. The van der Waals surface area contributed by atoms with Crippen LogP contribution in [0.1, 0.15) is 11.1 Å². The first-order valence-corrected chi connectivity index (χ1v) is 6.59. The molecule has 9 nitrogen and oxygen atoms in total. The first-order chi connectivity index (χ1) is 9.27. The molecule has 0 amide bonds.